The van der Waals surface area contributed by atoms with E-state index in [1.807, 2.05) is 54.6 Å². The number of hydrogen-bond acceptors (Lipinski definition) is 6. The highest BCUT2D eigenvalue weighted by Crippen LogP contribution is 2.59. The second-order valence-electron chi connectivity index (χ2n) is 11.7. The summed E-state index contributed by atoms with van der Waals surface area (Å²) in [5.74, 6) is -2.26. The third-order valence-electron chi connectivity index (χ3n) is 9.39. The van der Waals surface area contributed by atoms with Crippen LogP contribution in [0.5, 0.6) is 0 Å². The van der Waals surface area contributed by atoms with Gasteiger partial charge in [0.25, 0.3) is 5.91 Å². The summed E-state index contributed by atoms with van der Waals surface area (Å²) >= 11 is 0. The molecule has 2 unspecified atom stereocenters. The Bertz CT molecular complexity index is 1360. The van der Waals surface area contributed by atoms with Crippen molar-refractivity contribution in [2.75, 3.05) is 54.0 Å². The largest absolute Gasteiger partial charge is 0.396 e. The van der Waals surface area contributed by atoms with E-state index in [9.17, 15) is 19.5 Å². The van der Waals surface area contributed by atoms with Gasteiger partial charge in [0.05, 0.1) is 17.9 Å². The number of carbonyl (C=O) groups excluding carboxylic acids is 3. The van der Waals surface area contributed by atoms with Crippen molar-refractivity contribution >= 4 is 34.8 Å². The van der Waals surface area contributed by atoms with Crippen molar-refractivity contribution in [3.8, 4) is 0 Å². The number of carbonyl (C=O) groups is 3. The lowest BCUT2D eigenvalue weighted by Crippen LogP contribution is -2.56. The van der Waals surface area contributed by atoms with E-state index in [0.29, 0.717) is 24.9 Å². The molecule has 3 heterocycles. The van der Waals surface area contributed by atoms with Gasteiger partial charge in [0.1, 0.15) is 11.6 Å². The summed E-state index contributed by atoms with van der Waals surface area (Å²) in [5, 5.41) is 9.70. The molecule has 1 N–H and O–H groups in total. The van der Waals surface area contributed by atoms with E-state index in [2.05, 4.69) is 31.9 Å². The van der Waals surface area contributed by atoms with E-state index >= 15 is 0 Å². The zero-order valence-corrected chi connectivity index (χ0v) is 25.8. The molecule has 1 spiro atoms. The van der Waals surface area contributed by atoms with Crippen molar-refractivity contribution in [1.82, 2.24) is 4.90 Å². The Kier molecular flexibility index (Phi) is 9.56. The standard InChI is InChI=1S/C35H44N4O5/c1-5-21-37(26-13-10-9-11-14-26)32(41)29-28-19-20-35(44-28)30(29)33(42)39(23-12-24-40)31(35)34(43)38(22-6-2)27-17-15-25(16-18-27)36(7-3)8-4/h5-6,9-11,13-18,28-31,40H,1-2,7-8,12,19-24H2,3-4H3/t28-,29+,30-,31?,35?/m0/s1. The molecule has 0 aromatic heterocycles. The molecule has 9 heteroatoms. The van der Waals surface area contributed by atoms with E-state index in [-0.39, 0.29) is 44.0 Å². The van der Waals surface area contributed by atoms with Gasteiger partial charge in [-0.3, -0.25) is 14.4 Å². The Morgan fingerprint density at radius 1 is 0.955 bits per heavy atom. The Labute approximate surface area is 260 Å². The average molecular weight is 601 g/mol. The molecule has 3 saturated heterocycles. The number of likely N-dealkylation sites (tertiary alicyclic amines) is 1. The first-order chi connectivity index (χ1) is 21.4. The van der Waals surface area contributed by atoms with Gasteiger partial charge in [-0.05, 0) is 69.5 Å². The van der Waals surface area contributed by atoms with Gasteiger partial charge < -0.3 is 29.4 Å². The molecular formula is C35H44N4O5. The van der Waals surface area contributed by atoms with Crippen LogP contribution in [0, 0.1) is 11.8 Å². The van der Waals surface area contributed by atoms with Crippen LogP contribution < -0.4 is 14.7 Å². The molecule has 3 aliphatic heterocycles. The molecule has 2 aromatic carbocycles. The van der Waals surface area contributed by atoms with Crippen molar-refractivity contribution in [2.24, 2.45) is 11.8 Å². The number of anilines is 3. The number of para-hydroxylation sites is 1. The molecule has 9 nitrogen and oxygen atoms in total. The van der Waals surface area contributed by atoms with Crippen molar-refractivity contribution in [2.45, 2.75) is 50.9 Å². The summed E-state index contributed by atoms with van der Waals surface area (Å²) in [6, 6.07) is 16.3. The number of benzene rings is 2. The zero-order valence-electron chi connectivity index (χ0n) is 25.8. The highest BCUT2D eigenvalue weighted by Gasteiger charge is 2.74. The Morgan fingerprint density at radius 2 is 1.55 bits per heavy atom. The maximum atomic E-state index is 14.7. The molecule has 0 radical (unpaired) electrons. The first kappa shape index (κ1) is 31.5. The highest BCUT2D eigenvalue weighted by atomic mass is 16.5. The van der Waals surface area contributed by atoms with E-state index in [0.717, 1.165) is 24.5 Å². The van der Waals surface area contributed by atoms with Crippen molar-refractivity contribution in [3.63, 3.8) is 0 Å². The number of fused-ring (bicyclic) bond motifs is 1. The molecule has 2 bridgehead atoms. The quantitative estimate of drug-likeness (QED) is 0.329. The fourth-order valence-electron chi connectivity index (χ4n) is 7.47. The number of amides is 3. The summed E-state index contributed by atoms with van der Waals surface area (Å²) < 4.78 is 6.66. The summed E-state index contributed by atoms with van der Waals surface area (Å²) in [5.41, 5.74) is 1.34. The van der Waals surface area contributed by atoms with Crippen LogP contribution in [0.2, 0.25) is 0 Å². The molecule has 3 fully saturated rings. The lowest BCUT2D eigenvalue weighted by Gasteiger charge is -2.37. The third kappa shape index (κ3) is 5.32. The van der Waals surface area contributed by atoms with Gasteiger partial charge in [0.2, 0.25) is 11.8 Å². The van der Waals surface area contributed by atoms with Crippen LogP contribution in [0.15, 0.2) is 79.9 Å². The number of aliphatic hydroxyl groups excluding tert-OH is 1. The monoisotopic (exact) mass is 600 g/mol. The second kappa shape index (κ2) is 13.4. The van der Waals surface area contributed by atoms with Gasteiger partial charge in [-0.2, -0.15) is 0 Å². The van der Waals surface area contributed by atoms with Gasteiger partial charge in [0.15, 0.2) is 0 Å². The number of ether oxygens (including phenoxy) is 1. The molecule has 5 rings (SSSR count). The van der Waals surface area contributed by atoms with Crippen molar-refractivity contribution in [1.29, 1.82) is 0 Å². The maximum Gasteiger partial charge on any atom is 0.253 e. The van der Waals surface area contributed by atoms with Gasteiger partial charge >= 0.3 is 0 Å². The first-order valence-corrected chi connectivity index (χ1v) is 15.7. The van der Waals surface area contributed by atoms with Gasteiger partial charge in [-0.15, -0.1) is 13.2 Å². The molecule has 3 amide bonds. The Hall–Kier alpha value is -3.95. The summed E-state index contributed by atoms with van der Waals surface area (Å²) in [4.78, 5) is 50.3. The van der Waals surface area contributed by atoms with Crippen LogP contribution in [0.4, 0.5) is 17.1 Å². The topological polar surface area (TPSA) is 93.6 Å². The van der Waals surface area contributed by atoms with Crippen LogP contribution >= 0.6 is 0 Å². The number of rotatable bonds is 14. The fraction of sp³-hybridized carbons (Fsp3) is 0.457. The van der Waals surface area contributed by atoms with Crippen LogP contribution in [0.1, 0.15) is 33.1 Å². The molecule has 0 aliphatic carbocycles. The van der Waals surface area contributed by atoms with Crippen molar-refractivity contribution < 1.29 is 24.2 Å². The van der Waals surface area contributed by atoms with Gasteiger partial charge in [-0.25, -0.2) is 0 Å². The molecule has 5 atom stereocenters. The minimum absolute atomic E-state index is 0.126. The zero-order chi connectivity index (χ0) is 31.4. The molecule has 3 aliphatic rings. The molecule has 0 saturated carbocycles. The Morgan fingerprint density at radius 3 is 2.14 bits per heavy atom. The highest BCUT2D eigenvalue weighted by molar-refractivity contribution is 6.06. The van der Waals surface area contributed by atoms with E-state index in [1.54, 1.807) is 26.9 Å². The third-order valence-corrected chi connectivity index (χ3v) is 9.39. The van der Waals surface area contributed by atoms with E-state index in [1.165, 1.54) is 0 Å². The molecule has 234 valence electrons. The molecular weight excluding hydrogens is 556 g/mol. The van der Waals surface area contributed by atoms with Gasteiger partial charge in [-0.1, -0.05) is 30.4 Å². The average Bonchev–Trinajstić information content (AvgIpc) is 3.69. The minimum Gasteiger partial charge on any atom is -0.396 e. The molecule has 44 heavy (non-hydrogen) atoms. The summed E-state index contributed by atoms with van der Waals surface area (Å²) in [6.07, 6.45) is 4.26. The smallest absolute Gasteiger partial charge is 0.253 e. The summed E-state index contributed by atoms with van der Waals surface area (Å²) in [6.45, 7) is 14.3. The predicted molar refractivity (Wildman–Crippen MR) is 173 cm³/mol. The van der Waals surface area contributed by atoms with E-state index < -0.39 is 29.6 Å². The number of nitrogens with zero attached hydrogens (tertiary/aromatic N) is 4. The van der Waals surface area contributed by atoms with Crippen LogP contribution in [0.25, 0.3) is 0 Å². The number of aliphatic hydroxyl groups is 1. The number of hydrogen-bond donors (Lipinski definition) is 1. The van der Waals surface area contributed by atoms with E-state index in [4.69, 9.17) is 4.74 Å². The van der Waals surface area contributed by atoms with Gasteiger partial charge in [0, 0.05) is 56.4 Å². The lowest BCUT2D eigenvalue weighted by molar-refractivity contribution is -0.141. The Balaban J connectivity index is 1.52. The second-order valence-corrected chi connectivity index (χ2v) is 11.7. The van der Waals surface area contributed by atoms with Crippen LogP contribution in [0.3, 0.4) is 0 Å². The SMILES string of the molecule is C=CCN(C(=O)C1N(CCCO)C(=O)[C@@H]2[C@H](C(=O)N(CC=C)c3ccccc3)[C@@H]3CCC12O3)c1ccc(N(CC)CC)cc1. The normalized spacial score (nSPS) is 25.1. The lowest BCUT2D eigenvalue weighted by atomic mass is 9.70. The van der Waals surface area contributed by atoms with Crippen LogP contribution in [-0.4, -0.2) is 84.8 Å². The van der Waals surface area contributed by atoms with Crippen molar-refractivity contribution in [3.05, 3.63) is 79.9 Å². The molecule has 2 aromatic rings. The van der Waals surface area contributed by atoms with Crippen LogP contribution in [-0.2, 0) is 19.1 Å². The summed E-state index contributed by atoms with van der Waals surface area (Å²) in [7, 11) is 0. The maximum absolute atomic E-state index is 14.7. The minimum atomic E-state index is -1.13. The first-order valence-electron chi connectivity index (χ1n) is 15.7. The predicted octanol–water partition coefficient (Wildman–Crippen LogP) is 4.03. The fourth-order valence-corrected chi connectivity index (χ4v) is 7.47.